The minimum atomic E-state index is -0.0471. The molecule has 74 valence electrons. The van der Waals surface area contributed by atoms with Crippen LogP contribution in [0.4, 0.5) is 0 Å². The van der Waals surface area contributed by atoms with Gasteiger partial charge in [-0.2, -0.15) is 0 Å². The topological polar surface area (TPSA) is 29.1 Å². The summed E-state index contributed by atoms with van der Waals surface area (Å²) in [4.78, 5) is 10.9. The fourth-order valence-electron chi connectivity index (χ4n) is 1.09. The molecule has 0 saturated carbocycles. The lowest BCUT2D eigenvalue weighted by Gasteiger charge is -2.07. The van der Waals surface area contributed by atoms with E-state index in [0.717, 1.165) is 11.3 Å². The van der Waals surface area contributed by atoms with Gasteiger partial charge in [-0.05, 0) is 17.2 Å². The molecule has 0 radical (unpaired) electrons. The summed E-state index contributed by atoms with van der Waals surface area (Å²) in [6.45, 7) is 1.51. The van der Waals surface area contributed by atoms with Crippen LogP contribution in [-0.4, -0.2) is 12.2 Å². The maximum Gasteiger partial charge on any atom is 0.221 e. The molecule has 0 bridgehead atoms. The Morgan fingerprint density at radius 3 is 2.50 bits per heavy atom. The van der Waals surface area contributed by atoms with Crippen LogP contribution in [0.3, 0.4) is 0 Å². The molecule has 0 aromatic heterocycles. The van der Waals surface area contributed by atoms with Crippen LogP contribution in [0, 0.1) is 0 Å². The molecule has 1 N–H and O–H groups in total. The molecule has 0 aliphatic carbocycles. The van der Waals surface area contributed by atoms with Gasteiger partial charge in [0.15, 0.2) is 0 Å². The molecule has 0 spiro atoms. The summed E-state index contributed by atoms with van der Waals surface area (Å²) in [5, 5.41) is 4.73. The van der Waals surface area contributed by atoms with Gasteiger partial charge in [0.05, 0.1) is 5.70 Å². The molecule has 1 aromatic rings. The van der Waals surface area contributed by atoms with Crippen molar-refractivity contribution in [1.82, 2.24) is 5.32 Å². The van der Waals surface area contributed by atoms with Crippen molar-refractivity contribution >= 4 is 23.4 Å². The third kappa shape index (κ3) is 3.26. The standard InChI is InChI=1S/C11H13NOS/c1-9(13)12-11(8-14-2)10-6-4-3-5-7-10/h3-8H,1-2H3,(H,12,13)/b11-8-. The van der Waals surface area contributed by atoms with Crippen molar-refractivity contribution in [2.45, 2.75) is 6.92 Å². The normalized spacial score (nSPS) is 11.1. The Balaban J connectivity index is 2.89. The van der Waals surface area contributed by atoms with Gasteiger partial charge in [0.25, 0.3) is 0 Å². The zero-order valence-electron chi connectivity index (χ0n) is 8.28. The smallest absolute Gasteiger partial charge is 0.221 e. The number of carbonyl (C=O) groups is 1. The number of amides is 1. The number of rotatable bonds is 3. The Kier molecular flexibility index (Phi) is 4.26. The van der Waals surface area contributed by atoms with E-state index in [1.54, 1.807) is 11.8 Å². The Hall–Kier alpha value is -1.22. The van der Waals surface area contributed by atoms with E-state index in [4.69, 9.17) is 0 Å². The van der Waals surface area contributed by atoms with Crippen molar-refractivity contribution < 1.29 is 4.79 Å². The first-order valence-corrected chi connectivity index (χ1v) is 5.59. The Bertz CT molecular complexity index is 332. The summed E-state index contributed by atoms with van der Waals surface area (Å²) in [6, 6.07) is 9.79. The van der Waals surface area contributed by atoms with E-state index in [9.17, 15) is 4.79 Å². The van der Waals surface area contributed by atoms with Crippen molar-refractivity contribution in [2.24, 2.45) is 0 Å². The first-order chi connectivity index (χ1) is 6.74. The molecule has 0 atom stereocenters. The highest BCUT2D eigenvalue weighted by Gasteiger charge is 2.01. The molecular formula is C11H13NOS. The quantitative estimate of drug-likeness (QED) is 0.825. The van der Waals surface area contributed by atoms with E-state index in [1.807, 2.05) is 42.0 Å². The number of thioether (sulfide) groups is 1. The van der Waals surface area contributed by atoms with Gasteiger partial charge in [-0.25, -0.2) is 0 Å². The van der Waals surface area contributed by atoms with E-state index >= 15 is 0 Å². The van der Waals surface area contributed by atoms with Gasteiger partial charge >= 0.3 is 0 Å². The van der Waals surface area contributed by atoms with E-state index in [0.29, 0.717) is 0 Å². The van der Waals surface area contributed by atoms with Gasteiger partial charge in [-0.3, -0.25) is 4.79 Å². The highest BCUT2D eigenvalue weighted by molar-refractivity contribution is 8.01. The minimum Gasteiger partial charge on any atom is -0.325 e. The fraction of sp³-hybridized carbons (Fsp3) is 0.182. The van der Waals surface area contributed by atoms with E-state index in [2.05, 4.69) is 5.32 Å². The monoisotopic (exact) mass is 207 g/mol. The summed E-state index contributed by atoms with van der Waals surface area (Å²) < 4.78 is 0. The second-order valence-corrected chi connectivity index (χ2v) is 3.52. The maximum atomic E-state index is 10.9. The number of carbonyl (C=O) groups excluding carboxylic acids is 1. The van der Waals surface area contributed by atoms with Crippen LogP contribution in [0.5, 0.6) is 0 Å². The molecule has 1 amide bonds. The lowest BCUT2D eigenvalue weighted by Crippen LogP contribution is -2.17. The van der Waals surface area contributed by atoms with Crippen molar-refractivity contribution in [3.63, 3.8) is 0 Å². The molecule has 2 nitrogen and oxygen atoms in total. The molecule has 0 aliphatic heterocycles. The van der Waals surface area contributed by atoms with Gasteiger partial charge in [0, 0.05) is 6.92 Å². The average Bonchev–Trinajstić information content (AvgIpc) is 2.18. The second kappa shape index (κ2) is 5.50. The third-order valence-electron chi connectivity index (χ3n) is 1.63. The number of hydrogen-bond acceptors (Lipinski definition) is 2. The minimum absolute atomic E-state index is 0.0471. The lowest BCUT2D eigenvalue weighted by molar-refractivity contribution is -0.117. The molecule has 1 aromatic carbocycles. The van der Waals surface area contributed by atoms with E-state index in [-0.39, 0.29) is 5.91 Å². The van der Waals surface area contributed by atoms with Crippen LogP contribution in [0.15, 0.2) is 35.7 Å². The summed E-state index contributed by atoms with van der Waals surface area (Å²) in [5.74, 6) is -0.0471. The molecule has 0 heterocycles. The largest absolute Gasteiger partial charge is 0.325 e. The molecule has 0 fully saturated rings. The molecule has 0 saturated heterocycles. The molecular weight excluding hydrogens is 194 g/mol. The number of nitrogens with one attached hydrogen (secondary N) is 1. The Labute approximate surface area is 88.4 Å². The zero-order chi connectivity index (χ0) is 10.4. The van der Waals surface area contributed by atoms with Gasteiger partial charge in [0.2, 0.25) is 5.91 Å². The predicted molar refractivity (Wildman–Crippen MR) is 61.8 cm³/mol. The first kappa shape index (κ1) is 10.9. The second-order valence-electron chi connectivity index (χ2n) is 2.81. The number of hydrogen-bond donors (Lipinski definition) is 1. The van der Waals surface area contributed by atoms with Gasteiger partial charge in [-0.15, -0.1) is 11.8 Å². The fourth-order valence-corrected chi connectivity index (χ4v) is 1.53. The zero-order valence-corrected chi connectivity index (χ0v) is 9.10. The third-order valence-corrected chi connectivity index (χ3v) is 2.10. The highest BCUT2D eigenvalue weighted by atomic mass is 32.2. The van der Waals surface area contributed by atoms with Crippen LogP contribution < -0.4 is 5.32 Å². The van der Waals surface area contributed by atoms with Crippen molar-refractivity contribution in [3.8, 4) is 0 Å². The lowest BCUT2D eigenvalue weighted by atomic mass is 10.2. The van der Waals surface area contributed by atoms with Crippen LogP contribution in [0.1, 0.15) is 12.5 Å². The molecule has 0 unspecified atom stereocenters. The van der Waals surface area contributed by atoms with Crippen molar-refractivity contribution in [1.29, 1.82) is 0 Å². The molecule has 3 heteroatoms. The van der Waals surface area contributed by atoms with Crippen LogP contribution >= 0.6 is 11.8 Å². The first-order valence-electron chi connectivity index (χ1n) is 4.30. The molecule has 14 heavy (non-hydrogen) atoms. The summed E-state index contributed by atoms with van der Waals surface area (Å²) in [7, 11) is 0. The van der Waals surface area contributed by atoms with Crippen LogP contribution in [0.2, 0.25) is 0 Å². The predicted octanol–water partition coefficient (Wildman–Crippen LogP) is 2.48. The van der Waals surface area contributed by atoms with Crippen molar-refractivity contribution in [3.05, 3.63) is 41.3 Å². The van der Waals surface area contributed by atoms with E-state index in [1.165, 1.54) is 6.92 Å². The van der Waals surface area contributed by atoms with Gasteiger partial charge in [-0.1, -0.05) is 30.3 Å². The van der Waals surface area contributed by atoms with Gasteiger partial charge < -0.3 is 5.32 Å². The summed E-state index contributed by atoms with van der Waals surface area (Å²) >= 11 is 1.57. The van der Waals surface area contributed by atoms with Crippen molar-refractivity contribution in [2.75, 3.05) is 6.26 Å². The maximum absolute atomic E-state index is 10.9. The van der Waals surface area contributed by atoms with Crippen LogP contribution in [0.25, 0.3) is 5.70 Å². The molecule has 1 rings (SSSR count). The Morgan fingerprint density at radius 2 is 2.00 bits per heavy atom. The SMILES string of the molecule is CS/C=C(\NC(C)=O)c1ccccc1. The Morgan fingerprint density at radius 1 is 1.36 bits per heavy atom. The van der Waals surface area contributed by atoms with Gasteiger partial charge in [0.1, 0.15) is 0 Å². The highest BCUT2D eigenvalue weighted by Crippen LogP contribution is 2.14. The summed E-state index contributed by atoms with van der Waals surface area (Å²) in [5.41, 5.74) is 1.88. The summed E-state index contributed by atoms with van der Waals surface area (Å²) in [6.07, 6.45) is 1.96. The number of benzene rings is 1. The average molecular weight is 207 g/mol. The molecule has 0 aliphatic rings. The van der Waals surface area contributed by atoms with Crippen LogP contribution in [-0.2, 0) is 4.79 Å². The van der Waals surface area contributed by atoms with E-state index < -0.39 is 0 Å².